The van der Waals surface area contributed by atoms with Crippen LogP contribution in [0, 0.1) is 11.8 Å². The molecular formula is C9H19KO4S. The van der Waals surface area contributed by atoms with Gasteiger partial charge in [-0.25, -0.2) is 8.42 Å². The Labute approximate surface area is 136 Å². The van der Waals surface area contributed by atoms with Crippen LogP contribution in [0.15, 0.2) is 0 Å². The minimum atomic E-state index is -4.51. The van der Waals surface area contributed by atoms with E-state index in [1.54, 1.807) is 0 Å². The molecule has 0 aliphatic rings. The molecule has 0 fully saturated rings. The van der Waals surface area contributed by atoms with Crippen molar-refractivity contribution in [3.63, 3.8) is 0 Å². The van der Waals surface area contributed by atoms with Crippen LogP contribution in [0.2, 0.25) is 0 Å². The van der Waals surface area contributed by atoms with Gasteiger partial charge in [0.15, 0.2) is 0 Å². The summed E-state index contributed by atoms with van der Waals surface area (Å²) >= 11 is 0. The Morgan fingerprint density at radius 2 is 1.73 bits per heavy atom. The second-order valence-electron chi connectivity index (χ2n) is 4.12. The molecule has 0 radical (unpaired) electrons. The summed E-state index contributed by atoms with van der Waals surface area (Å²) in [6.07, 6.45) is 3.06. The molecule has 0 aromatic rings. The van der Waals surface area contributed by atoms with E-state index in [9.17, 15) is 13.0 Å². The summed E-state index contributed by atoms with van der Waals surface area (Å²) in [6.45, 7) is 6.17. The van der Waals surface area contributed by atoms with Gasteiger partial charge in [-0.1, -0.05) is 33.6 Å². The summed E-state index contributed by atoms with van der Waals surface area (Å²) < 4.78 is 34.6. The predicted molar refractivity (Wildman–Crippen MR) is 53.5 cm³/mol. The summed E-state index contributed by atoms with van der Waals surface area (Å²) in [5.41, 5.74) is 0. The van der Waals surface area contributed by atoms with Gasteiger partial charge in [0.25, 0.3) is 0 Å². The van der Waals surface area contributed by atoms with Crippen LogP contribution in [0.25, 0.3) is 0 Å². The van der Waals surface area contributed by atoms with Crippen molar-refractivity contribution in [2.24, 2.45) is 11.8 Å². The molecule has 0 saturated heterocycles. The van der Waals surface area contributed by atoms with Gasteiger partial charge in [0.2, 0.25) is 10.4 Å². The third-order valence-corrected chi connectivity index (χ3v) is 2.40. The molecule has 0 bridgehead atoms. The Kier molecular flexibility index (Phi) is 12.0. The van der Waals surface area contributed by atoms with E-state index in [0.717, 1.165) is 19.3 Å². The molecule has 86 valence electrons. The van der Waals surface area contributed by atoms with E-state index >= 15 is 0 Å². The molecule has 0 saturated carbocycles. The average molecular weight is 262 g/mol. The average Bonchev–Trinajstić information content (AvgIpc) is 1.99. The summed E-state index contributed by atoms with van der Waals surface area (Å²) in [5.74, 6) is 0.781. The summed E-state index contributed by atoms with van der Waals surface area (Å²) in [5, 5.41) is 0. The van der Waals surface area contributed by atoms with Crippen LogP contribution in [0.4, 0.5) is 0 Å². The summed E-state index contributed by atoms with van der Waals surface area (Å²) in [6, 6.07) is 0. The maximum absolute atomic E-state index is 10.1. The molecule has 0 aliphatic heterocycles. The van der Waals surface area contributed by atoms with Crippen LogP contribution in [0.5, 0.6) is 0 Å². The molecule has 0 aromatic heterocycles. The van der Waals surface area contributed by atoms with Gasteiger partial charge >= 0.3 is 51.4 Å². The Balaban J connectivity index is 0. The summed E-state index contributed by atoms with van der Waals surface area (Å²) in [4.78, 5) is 0. The quantitative estimate of drug-likeness (QED) is 0.333. The van der Waals surface area contributed by atoms with Crippen LogP contribution < -0.4 is 51.4 Å². The normalized spacial score (nSPS) is 13.7. The number of hydrogen-bond acceptors (Lipinski definition) is 4. The molecule has 0 spiro atoms. The van der Waals surface area contributed by atoms with Crippen molar-refractivity contribution in [1.82, 2.24) is 0 Å². The number of rotatable bonds is 7. The van der Waals surface area contributed by atoms with Gasteiger partial charge in [0.05, 0.1) is 6.61 Å². The molecule has 0 aromatic carbocycles. The zero-order valence-electron chi connectivity index (χ0n) is 10.0. The Morgan fingerprint density at radius 1 is 1.20 bits per heavy atom. The van der Waals surface area contributed by atoms with E-state index in [2.05, 4.69) is 18.0 Å². The van der Waals surface area contributed by atoms with E-state index in [-0.39, 0.29) is 63.9 Å². The summed E-state index contributed by atoms with van der Waals surface area (Å²) in [7, 11) is -4.51. The molecule has 0 rings (SSSR count). The van der Waals surface area contributed by atoms with Gasteiger partial charge in [0, 0.05) is 0 Å². The molecule has 0 N–H and O–H groups in total. The van der Waals surface area contributed by atoms with Crippen molar-refractivity contribution in [3.05, 3.63) is 0 Å². The maximum Gasteiger partial charge on any atom is 1.00 e. The predicted octanol–water partition coefficient (Wildman–Crippen LogP) is -1.07. The zero-order chi connectivity index (χ0) is 11.2. The van der Waals surface area contributed by atoms with Gasteiger partial charge in [-0.3, -0.25) is 4.18 Å². The fourth-order valence-electron chi connectivity index (χ4n) is 1.16. The van der Waals surface area contributed by atoms with E-state index in [4.69, 9.17) is 0 Å². The molecule has 1 atom stereocenters. The molecule has 0 aliphatic carbocycles. The number of hydrogen-bond donors (Lipinski definition) is 0. The Hall–Kier alpha value is 1.51. The molecule has 0 unspecified atom stereocenters. The third-order valence-electron chi connectivity index (χ3n) is 1.98. The van der Waals surface area contributed by atoms with Crippen LogP contribution in [-0.2, 0) is 14.6 Å². The first kappa shape index (κ1) is 18.9. The van der Waals surface area contributed by atoms with Gasteiger partial charge < -0.3 is 4.55 Å². The van der Waals surface area contributed by atoms with Crippen LogP contribution in [0.3, 0.4) is 0 Å². The van der Waals surface area contributed by atoms with Gasteiger partial charge in [-0.05, 0) is 18.3 Å². The van der Waals surface area contributed by atoms with Crippen molar-refractivity contribution < 1.29 is 68.5 Å². The molecule has 4 nitrogen and oxygen atoms in total. The monoisotopic (exact) mass is 262 g/mol. The van der Waals surface area contributed by atoms with Crippen LogP contribution in [0.1, 0.15) is 40.0 Å². The largest absolute Gasteiger partial charge is 1.00 e. The zero-order valence-corrected chi connectivity index (χ0v) is 14.0. The second-order valence-corrected chi connectivity index (χ2v) is 5.17. The fourth-order valence-corrected chi connectivity index (χ4v) is 1.56. The molecule has 0 heterocycles. The van der Waals surface area contributed by atoms with E-state index in [1.807, 2.05) is 6.92 Å². The minimum absolute atomic E-state index is 0. The molecule has 6 heteroatoms. The fraction of sp³-hybridized carbons (Fsp3) is 1.00. The van der Waals surface area contributed by atoms with Crippen molar-refractivity contribution >= 4 is 10.4 Å². The maximum atomic E-state index is 10.1. The third kappa shape index (κ3) is 15.5. The van der Waals surface area contributed by atoms with Gasteiger partial charge in [-0.2, -0.15) is 0 Å². The van der Waals surface area contributed by atoms with E-state index in [1.165, 1.54) is 0 Å². The standard InChI is InChI=1S/C9H20O4S.K/c1-8(2)5-4-6-9(3)7-13-14(10,11)12;/h8-9H,4-7H2,1-3H3,(H,10,11,12);/q;+1/p-1/t9-;/m1./s1. The van der Waals surface area contributed by atoms with Crippen molar-refractivity contribution in [1.29, 1.82) is 0 Å². The van der Waals surface area contributed by atoms with Crippen molar-refractivity contribution in [3.8, 4) is 0 Å². The minimum Gasteiger partial charge on any atom is -0.726 e. The smallest absolute Gasteiger partial charge is 0.726 e. The molecule has 0 amide bonds. The van der Waals surface area contributed by atoms with Crippen molar-refractivity contribution in [2.75, 3.05) is 6.61 Å². The van der Waals surface area contributed by atoms with Gasteiger partial charge in [-0.15, -0.1) is 0 Å². The van der Waals surface area contributed by atoms with Crippen LogP contribution >= 0.6 is 0 Å². The van der Waals surface area contributed by atoms with Crippen molar-refractivity contribution in [2.45, 2.75) is 40.0 Å². The van der Waals surface area contributed by atoms with E-state index < -0.39 is 10.4 Å². The first-order valence-corrected chi connectivity index (χ1v) is 6.25. The first-order valence-electron chi connectivity index (χ1n) is 4.91. The topological polar surface area (TPSA) is 66.4 Å². The molecular weight excluding hydrogens is 243 g/mol. The van der Waals surface area contributed by atoms with Crippen LogP contribution in [-0.4, -0.2) is 19.6 Å². The Bertz CT molecular complexity index is 238. The SMILES string of the molecule is CC(C)CCC[C@@H](C)COS(=O)(=O)[O-].[K+]. The van der Waals surface area contributed by atoms with E-state index in [0.29, 0.717) is 5.92 Å². The first-order chi connectivity index (χ1) is 6.31. The van der Waals surface area contributed by atoms with Gasteiger partial charge in [0.1, 0.15) is 0 Å². The Morgan fingerprint density at radius 3 is 2.13 bits per heavy atom. The second kappa shape index (κ2) is 9.53. The molecule has 15 heavy (non-hydrogen) atoms.